The third-order valence-corrected chi connectivity index (χ3v) is 4.26. The number of piperidine rings is 1. The zero-order chi connectivity index (χ0) is 14.7. The van der Waals surface area contributed by atoms with E-state index in [1.165, 1.54) is 6.42 Å². The van der Waals surface area contributed by atoms with E-state index in [2.05, 4.69) is 49.8 Å². The average molecular weight is 276 g/mol. The van der Waals surface area contributed by atoms with Crippen molar-refractivity contribution in [3.8, 4) is 0 Å². The molecule has 20 heavy (non-hydrogen) atoms. The minimum atomic E-state index is 0.467. The van der Waals surface area contributed by atoms with Crippen molar-refractivity contribution in [1.82, 2.24) is 15.3 Å². The summed E-state index contributed by atoms with van der Waals surface area (Å²) in [6.07, 6.45) is 5.07. The summed E-state index contributed by atoms with van der Waals surface area (Å²) >= 11 is 0. The highest BCUT2D eigenvalue weighted by atomic mass is 15.2. The third-order valence-electron chi connectivity index (χ3n) is 4.26. The molecular weight excluding hydrogens is 248 g/mol. The van der Waals surface area contributed by atoms with Crippen LogP contribution in [-0.4, -0.2) is 28.6 Å². The Labute approximate surface area is 123 Å². The van der Waals surface area contributed by atoms with Crippen LogP contribution in [0.1, 0.15) is 46.7 Å². The number of nitrogens with one attached hydrogen (secondary N) is 1. The van der Waals surface area contributed by atoms with Gasteiger partial charge in [-0.3, -0.25) is 4.98 Å². The fraction of sp³-hybridized carbons (Fsp3) is 0.750. The molecule has 1 fully saturated rings. The van der Waals surface area contributed by atoms with Crippen LogP contribution >= 0.6 is 0 Å². The Kier molecular flexibility index (Phi) is 4.97. The molecule has 112 valence electrons. The first kappa shape index (κ1) is 15.2. The zero-order valence-corrected chi connectivity index (χ0v) is 13.4. The molecule has 0 spiro atoms. The molecule has 4 heteroatoms. The molecule has 0 bridgehead atoms. The van der Waals surface area contributed by atoms with Crippen molar-refractivity contribution in [3.05, 3.63) is 18.1 Å². The number of nitrogens with zero attached hydrogens (tertiary/aromatic N) is 3. The van der Waals surface area contributed by atoms with Crippen LogP contribution in [0.25, 0.3) is 0 Å². The second-order valence-corrected chi connectivity index (χ2v) is 6.62. The molecule has 0 aliphatic carbocycles. The topological polar surface area (TPSA) is 41.1 Å². The van der Waals surface area contributed by atoms with Crippen LogP contribution in [0.5, 0.6) is 0 Å². The van der Waals surface area contributed by atoms with Crippen LogP contribution in [-0.2, 0) is 6.54 Å². The van der Waals surface area contributed by atoms with Crippen molar-refractivity contribution in [3.63, 3.8) is 0 Å². The second-order valence-electron chi connectivity index (χ2n) is 6.62. The second kappa shape index (κ2) is 6.53. The van der Waals surface area contributed by atoms with E-state index in [0.717, 1.165) is 30.5 Å². The molecule has 1 aliphatic rings. The van der Waals surface area contributed by atoms with E-state index in [-0.39, 0.29) is 0 Å². The molecule has 0 aromatic carbocycles. The quantitative estimate of drug-likeness (QED) is 0.918. The van der Waals surface area contributed by atoms with Gasteiger partial charge in [-0.05, 0) is 25.2 Å². The van der Waals surface area contributed by atoms with E-state index in [4.69, 9.17) is 4.98 Å². The molecule has 1 aromatic heterocycles. The fourth-order valence-corrected chi connectivity index (χ4v) is 2.94. The van der Waals surface area contributed by atoms with Crippen LogP contribution in [0.3, 0.4) is 0 Å². The first-order valence-corrected chi connectivity index (χ1v) is 7.78. The van der Waals surface area contributed by atoms with Gasteiger partial charge >= 0.3 is 0 Å². The van der Waals surface area contributed by atoms with E-state index in [1.807, 2.05) is 12.4 Å². The Hall–Kier alpha value is -1.16. The van der Waals surface area contributed by atoms with Gasteiger partial charge in [0, 0.05) is 31.4 Å². The zero-order valence-electron chi connectivity index (χ0n) is 13.4. The van der Waals surface area contributed by atoms with Gasteiger partial charge in [-0.25, -0.2) is 4.98 Å². The van der Waals surface area contributed by atoms with Gasteiger partial charge < -0.3 is 10.2 Å². The minimum Gasteiger partial charge on any atom is -0.352 e. The molecule has 0 amide bonds. The van der Waals surface area contributed by atoms with Gasteiger partial charge in [-0.15, -0.1) is 0 Å². The number of hydrogen-bond donors (Lipinski definition) is 1. The number of rotatable bonds is 4. The van der Waals surface area contributed by atoms with E-state index in [9.17, 15) is 0 Å². The molecule has 0 saturated carbocycles. The maximum Gasteiger partial charge on any atom is 0.147 e. The number of hydrogen-bond acceptors (Lipinski definition) is 4. The summed E-state index contributed by atoms with van der Waals surface area (Å²) in [5.41, 5.74) is 1.02. The maximum absolute atomic E-state index is 4.79. The van der Waals surface area contributed by atoms with Crippen LogP contribution in [0, 0.1) is 11.8 Å². The predicted molar refractivity (Wildman–Crippen MR) is 83.8 cm³/mol. The van der Waals surface area contributed by atoms with Gasteiger partial charge in [0.25, 0.3) is 0 Å². The highest BCUT2D eigenvalue weighted by molar-refractivity contribution is 5.38. The molecule has 2 rings (SSSR count). The molecule has 1 aromatic rings. The monoisotopic (exact) mass is 276 g/mol. The minimum absolute atomic E-state index is 0.467. The van der Waals surface area contributed by atoms with Gasteiger partial charge in [0.1, 0.15) is 5.82 Å². The van der Waals surface area contributed by atoms with E-state index in [1.54, 1.807) is 0 Å². The summed E-state index contributed by atoms with van der Waals surface area (Å²) in [4.78, 5) is 11.6. The van der Waals surface area contributed by atoms with Crippen LogP contribution in [0.2, 0.25) is 0 Å². The molecule has 2 heterocycles. The summed E-state index contributed by atoms with van der Waals surface area (Å²) < 4.78 is 0. The summed E-state index contributed by atoms with van der Waals surface area (Å²) in [6, 6.07) is 1.00. The number of anilines is 1. The molecule has 3 unspecified atom stereocenters. The van der Waals surface area contributed by atoms with Crippen molar-refractivity contribution in [1.29, 1.82) is 0 Å². The lowest BCUT2D eigenvalue weighted by Crippen LogP contribution is -2.46. The smallest absolute Gasteiger partial charge is 0.147 e. The SMILES string of the molecule is CC1CC(C)C(C)N(c2cncc(CNC(C)C)n2)C1. The van der Waals surface area contributed by atoms with Crippen LogP contribution in [0.4, 0.5) is 5.82 Å². The van der Waals surface area contributed by atoms with Crippen LogP contribution < -0.4 is 10.2 Å². The lowest BCUT2D eigenvalue weighted by Gasteiger charge is -2.41. The normalized spacial score (nSPS) is 27.1. The molecule has 0 radical (unpaired) electrons. The van der Waals surface area contributed by atoms with Crippen molar-refractivity contribution in [2.75, 3.05) is 11.4 Å². The fourth-order valence-electron chi connectivity index (χ4n) is 2.94. The van der Waals surface area contributed by atoms with E-state index in [0.29, 0.717) is 18.0 Å². The molecule has 4 nitrogen and oxygen atoms in total. The summed E-state index contributed by atoms with van der Waals surface area (Å²) in [5, 5.41) is 3.40. The summed E-state index contributed by atoms with van der Waals surface area (Å²) in [7, 11) is 0. The molecule has 1 saturated heterocycles. The van der Waals surface area contributed by atoms with Crippen molar-refractivity contribution in [2.45, 2.75) is 59.7 Å². The summed E-state index contributed by atoms with van der Waals surface area (Å²) in [6.45, 7) is 13.1. The Bertz CT molecular complexity index is 432. The Morgan fingerprint density at radius 2 is 2.05 bits per heavy atom. The van der Waals surface area contributed by atoms with E-state index < -0.39 is 0 Å². The standard InChI is InChI=1S/C16H28N4/c1-11(2)18-8-15-7-17-9-16(19-15)20-10-12(3)6-13(4)14(20)5/h7,9,11-14,18H,6,8,10H2,1-5H3. The van der Waals surface area contributed by atoms with Gasteiger partial charge in [-0.1, -0.05) is 27.7 Å². The highest BCUT2D eigenvalue weighted by Crippen LogP contribution is 2.29. The molecule has 3 atom stereocenters. The Morgan fingerprint density at radius 3 is 2.75 bits per heavy atom. The largest absolute Gasteiger partial charge is 0.352 e. The van der Waals surface area contributed by atoms with Crippen LogP contribution in [0.15, 0.2) is 12.4 Å². The third kappa shape index (κ3) is 3.69. The Morgan fingerprint density at radius 1 is 1.30 bits per heavy atom. The lowest BCUT2D eigenvalue weighted by atomic mass is 9.86. The molecule has 1 N–H and O–H groups in total. The maximum atomic E-state index is 4.79. The van der Waals surface area contributed by atoms with Crippen molar-refractivity contribution >= 4 is 5.82 Å². The predicted octanol–water partition coefficient (Wildman–Crippen LogP) is 2.85. The average Bonchev–Trinajstić information content (AvgIpc) is 2.41. The molecule has 1 aliphatic heterocycles. The molecular formula is C16H28N4. The summed E-state index contributed by atoms with van der Waals surface area (Å²) in [5.74, 6) is 2.46. The van der Waals surface area contributed by atoms with Gasteiger partial charge in [0.05, 0.1) is 11.9 Å². The van der Waals surface area contributed by atoms with Gasteiger partial charge in [0.15, 0.2) is 0 Å². The van der Waals surface area contributed by atoms with Crippen molar-refractivity contribution in [2.24, 2.45) is 11.8 Å². The van der Waals surface area contributed by atoms with Gasteiger partial charge in [0.2, 0.25) is 0 Å². The lowest BCUT2D eigenvalue weighted by molar-refractivity contribution is 0.295. The number of aromatic nitrogens is 2. The van der Waals surface area contributed by atoms with Crippen molar-refractivity contribution < 1.29 is 0 Å². The first-order chi connectivity index (χ1) is 9.47. The Balaban J connectivity index is 2.13. The van der Waals surface area contributed by atoms with Gasteiger partial charge in [-0.2, -0.15) is 0 Å². The first-order valence-electron chi connectivity index (χ1n) is 7.78. The van der Waals surface area contributed by atoms with E-state index >= 15 is 0 Å². The highest BCUT2D eigenvalue weighted by Gasteiger charge is 2.29.